The van der Waals surface area contributed by atoms with Gasteiger partial charge in [-0.1, -0.05) is 75.6 Å². The Morgan fingerprint density at radius 1 is 1.02 bits per heavy atom. The molecule has 0 spiro atoms. The summed E-state index contributed by atoms with van der Waals surface area (Å²) < 4.78 is 54.8. The van der Waals surface area contributed by atoms with Crippen molar-refractivity contribution in [3.8, 4) is 11.5 Å². The summed E-state index contributed by atoms with van der Waals surface area (Å²) in [6.07, 6.45) is -5.36. The predicted molar refractivity (Wildman–Crippen MR) is 175 cm³/mol. The van der Waals surface area contributed by atoms with E-state index in [1.165, 1.54) is 12.1 Å². The molecule has 248 valence electrons. The summed E-state index contributed by atoms with van der Waals surface area (Å²) in [6, 6.07) is 26.2. The molecule has 48 heavy (non-hydrogen) atoms. The molecule has 1 heterocycles. The van der Waals surface area contributed by atoms with E-state index in [0.717, 1.165) is 12.1 Å². The molecule has 1 aliphatic heterocycles. The first-order valence-electron chi connectivity index (χ1n) is 14.7. The topological polar surface area (TPSA) is 138 Å². The van der Waals surface area contributed by atoms with E-state index in [-0.39, 0.29) is 31.2 Å². The highest BCUT2D eigenvalue weighted by molar-refractivity contribution is 9.10. The first-order chi connectivity index (χ1) is 23.1. The van der Waals surface area contributed by atoms with Crippen LogP contribution < -0.4 is 14.8 Å². The van der Waals surface area contributed by atoms with Crippen molar-refractivity contribution < 1.29 is 37.3 Å². The number of alkyl halides is 3. The van der Waals surface area contributed by atoms with Gasteiger partial charge < -0.3 is 24.6 Å². The van der Waals surface area contributed by atoms with Gasteiger partial charge in [-0.3, -0.25) is 4.79 Å². The quantitative estimate of drug-likeness (QED) is 0.0626. The maximum absolute atomic E-state index is 14.5. The van der Waals surface area contributed by atoms with Crippen LogP contribution in [0.5, 0.6) is 11.5 Å². The number of carbonyl (C=O) groups excluding carboxylic acids is 1. The lowest BCUT2D eigenvalue weighted by atomic mass is 9.81. The number of amides is 1. The van der Waals surface area contributed by atoms with Crippen molar-refractivity contribution in [2.45, 2.75) is 37.4 Å². The van der Waals surface area contributed by atoms with Gasteiger partial charge in [-0.15, -0.1) is 13.2 Å². The fraction of sp³-hybridized carbons (Fsp3) is 0.235. The largest absolute Gasteiger partial charge is 0.573 e. The van der Waals surface area contributed by atoms with Crippen LogP contribution in [0.4, 0.5) is 18.9 Å². The van der Waals surface area contributed by atoms with Crippen molar-refractivity contribution in [2.75, 3.05) is 13.2 Å². The number of hydrogen-bond donors (Lipinski definition) is 2. The van der Waals surface area contributed by atoms with Crippen molar-refractivity contribution in [1.82, 2.24) is 5.32 Å². The van der Waals surface area contributed by atoms with Crippen LogP contribution in [0.1, 0.15) is 34.8 Å². The average Bonchev–Trinajstić information content (AvgIpc) is 3.45. The van der Waals surface area contributed by atoms with Crippen LogP contribution in [-0.4, -0.2) is 42.0 Å². The van der Waals surface area contributed by atoms with Crippen LogP contribution in [0, 0.1) is 0 Å². The number of ether oxygens (including phenoxy) is 3. The molecule has 0 saturated heterocycles. The third kappa shape index (κ3) is 8.26. The Balaban J connectivity index is 1.55. The van der Waals surface area contributed by atoms with Crippen LogP contribution >= 0.6 is 15.9 Å². The molecule has 1 aliphatic rings. The summed E-state index contributed by atoms with van der Waals surface area (Å²) in [5, 5.41) is 15.8. The molecule has 4 aromatic carbocycles. The van der Waals surface area contributed by atoms with Gasteiger partial charge in [0.1, 0.15) is 11.5 Å². The highest BCUT2D eigenvalue weighted by Gasteiger charge is 2.54. The number of halogens is 4. The zero-order chi connectivity index (χ0) is 34.1. The zero-order valence-electron chi connectivity index (χ0n) is 25.2. The lowest BCUT2D eigenvalue weighted by Crippen LogP contribution is -2.49. The van der Waals surface area contributed by atoms with Crippen molar-refractivity contribution in [3.63, 3.8) is 0 Å². The zero-order valence-corrected chi connectivity index (χ0v) is 26.8. The molecule has 1 amide bonds. The first kappa shape index (κ1) is 34.3. The minimum absolute atomic E-state index is 0.00387. The molecular weight excluding hydrogens is 695 g/mol. The second-order valence-corrected chi connectivity index (χ2v) is 11.5. The van der Waals surface area contributed by atoms with Crippen molar-refractivity contribution in [1.29, 1.82) is 0 Å². The minimum atomic E-state index is -4.83. The highest BCUT2D eigenvalue weighted by atomic mass is 79.9. The molecule has 0 fully saturated rings. The molecule has 0 bridgehead atoms. The number of aliphatic hydroxyl groups is 1. The third-order valence-corrected chi connectivity index (χ3v) is 8.15. The number of benzene rings is 4. The number of rotatable bonds is 13. The van der Waals surface area contributed by atoms with E-state index in [4.69, 9.17) is 19.6 Å². The molecule has 0 radical (unpaired) electrons. The molecule has 2 atom stereocenters. The van der Waals surface area contributed by atoms with Crippen molar-refractivity contribution in [2.24, 2.45) is 10.1 Å². The maximum Gasteiger partial charge on any atom is 0.573 e. The summed E-state index contributed by atoms with van der Waals surface area (Å²) in [4.78, 5) is 22.4. The van der Waals surface area contributed by atoms with Gasteiger partial charge in [-0.2, -0.15) is 0 Å². The molecule has 0 aromatic heterocycles. The highest BCUT2D eigenvalue weighted by Crippen LogP contribution is 2.45. The van der Waals surface area contributed by atoms with Crippen LogP contribution in [0.3, 0.4) is 0 Å². The third-order valence-electron chi connectivity index (χ3n) is 7.43. The predicted octanol–water partition coefficient (Wildman–Crippen LogP) is 7.87. The van der Waals surface area contributed by atoms with Crippen LogP contribution in [0.15, 0.2) is 112 Å². The maximum atomic E-state index is 14.5. The molecule has 0 saturated carbocycles. The lowest BCUT2D eigenvalue weighted by molar-refractivity contribution is -0.274. The standard InChI is InChI=1S/C34H29BrF3N5O5/c35-28-8-3-2-7-27(28)30-33(20-24-6-1-4-9-29(24)42-43-39,32(45)40-21-22-10-14-26(15-11-22)48-34(36,37)38)41-31(47-30)23-12-16-25(17-13-23)46-19-5-18-44/h1-4,6-17,30,44H,5,18-21H2,(H,40,45)/t30-,33-/m1/s1. The Hall–Kier alpha value is -5.04. The molecule has 14 heteroatoms. The van der Waals surface area contributed by atoms with E-state index in [0.29, 0.717) is 51.2 Å². The van der Waals surface area contributed by atoms with Gasteiger partial charge in [0.05, 0.1) is 6.61 Å². The van der Waals surface area contributed by atoms with E-state index >= 15 is 0 Å². The Labute approximate surface area is 281 Å². The number of hydrogen-bond acceptors (Lipinski definition) is 7. The number of azide groups is 1. The molecule has 4 aromatic rings. The number of carbonyl (C=O) groups is 1. The van der Waals surface area contributed by atoms with E-state index < -0.39 is 23.9 Å². The molecule has 0 aliphatic carbocycles. The summed E-state index contributed by atoms with van der Waals surface area (Å²) in [7, 11) is 0. The van der Waals surface area contributed by atoms with Crippen LogP contribution in [0.2, 0.25) is 0 Å². The van der Waals surface area contributed by atoms with Gasteiger partial charge in [0.25, 0.3) is 5.91 Å². The van der Waals surface area contributed by atoms with Gasteiger partial charge in [-0.25, -0.2) is 4.99 Å². The SMILES string of the molecule is [N-]=[N+]=Nc1ccccc1C[C@@]1(C(=O)NCc2ccc(OC(F)(F)F)cc2)N=C(c2ccc(OCCCO)cc2)O[C@@H]1c1ccccc1Br. The van der Waals surface area contributed by atoms with Crippen LogP contribution in [0.25, 0.3) is 10.4 Å². The van der Waals surface area contributed by atoms with Crippen LogP contribution in [-0.2, 0) is 22.5 Å². The smallest absolute Gasteiger partial charge is 0.494 e. The molecular formula is C34H29BrF3N5O5. The van der Waals surface area contributed by atoms with E-state index in [2.05, 4.69) is 36.0 Å². The van der Waals surface area contributed by atoms with Gasteiger partial charge in [0, 0.05) is 52.2 Å². The van der Waals surface area contributed by atoms with Gasteiger partial charge in [0.15, 0.2) is 11.6 Å². The number of aliphatic hydroxyl groups excluding tert-OH is 1. The molecule has 0 unspecified atom stereocenters. The van der Waals surface area contributed by atoms with Gasteiger partial charge in [0.2, 0.25) is 5.90 Å². The Bertz CT molecular complexity index is 1820. The molecule has 5 rings (SSSR count). The van der Waals surface area contributed by atoms with E-state index in [9.17, 15) is 23.5 Å². The monoisotopic (exact) mass is 723 g/mol. The molecule has 10 nitrogen and oxygen atoms in total. The van der Waals surface area contributed by atoms with Gasteiger partial charge >= 0.3 is 6.36 Å². The molecule has 2 N–H and O–H groups in total. The Morgan fingerprint density at radius 3 is 2.40 bits per heavy atom. The van der Waals surface area contributed by atoms with E-state index in [1.807, 2.05) is 18.2 Å². The summed E-state index contributed by atoms with van der Waals surface area (Å²) in [6.45, 7) is 0.297. The number of nitrogens with zero attached hydrogens (tertiary/aromatic N) is 4. The normalized spacial score (nSPS) is 17.1. The fourth-order valence-corrected chi connectivity index (χ4v) is 5.68. The second-order valence-electron chi connectivity index (χ2n) is 10.7. The van der Waals surface area contributed by atoms with Crippen molar-refractivity contribution >= 4 is 33.4 Å². The summed E-state index contributed by atoms with van der Waals surface area (Å²) in [5.74, 6) is -0.163. The number of aliphatic imine (C=N–C) groups is 1. The van der Waals surface area contributed by atoms with Crippen molar-refractivity contribution in [3.05, 3.63) is 134 Å². The summed E-state index contributed by atoms with van der Waals surface area (Å²) >= 11 is 3.60. The van der Waals surface area contributed by atoms with E-state index in [1.54, 1.807) is 54.6 Å². The first-order valence-corrected chi connectivity index (χ1v) is 15.5. The lowest BCUT2D eigenvalue weighted by Gasteiger charge is -2.31. The average molecular weight is 725 g/mol. The minimum Gasteiger partial charge on any atom is -0.494 e. The Morgan fingerprint density at radius 2 is 1.71 bits per heavy atom. The number of nitrogens with one attached hydrogen (secondary N) is 1. The summed E-state index contributed by atoms with van der Waals surface area (Å²) in [5.41, 5.74) is 10.2. The Kier molecular flexibility index (Phi) is 10.9. The fourth-order valence-electron chi connectivity index (χ4n) is 5.19. The second kappa shape index (κ2) is 15.2. The van der Waals surface area contributed by atoms with Gasteiger partial charge in [-0.05, 0) is 59.1 Å².